The molecule has 0 spiro atoms. The molecule has 0 fully saturated rings. The highest BCUT2D eigenvalue weighted by atomic mass is 16.5. The van der Waals surface area contributed by atoms with E-state index in [0.29, 0.717) is 0 Å². The molecular weight excluding hydrogens is 188 g/mol. The van der Waals surface area contributed by atoms with E-state index in [1.54, 1.807) is 0 Å². The molecule has 0 radical (unpaired) electrons. The number of aryl methyl sites for hydroxylation is 1. The molecule has 1 atom stereocenters. The zero-order chi connectivity index (χ0) is 11.3. The van der Waals surface area contributed by atoms with Gasteiger partial charge in [-0.1, -0.05) is 36.8 Å². The lowest BCUT2D eigenvalue weighted by Crippen LogP contribution is -2.17. The van der Waals surface area contributed by atoms with Crippen molar-refractivity contribution >= 4 is 5.97 Å². The summed E-state index contributed by atoms with van der Waals surface area (Å²) in [4.78, 5) is 11.4. The van der Waals surface area contributed by atoms with Crippen molar-refractivity contribution in [3.63, 3.8) is 0 Å². The lowest BCUT2D eigenvalue weighted by atomic mass is 9.96. The number of rotatable bonds is 4. The van der Waals surface area contributed by atoms with Crippen LogP contribution in [-0.2, 0) is 16.0 Å². The van der Waals surface area contributed by atoms with Gasteiger partial charge in [0.2, 0.25) is 0 Å². The molecule has 0 aliphatic heterocycles. The summed E-state index contributed by atoms with van der Waals surface area (Å²) >= 11 is 0. The minimum absolute atomic E-state index is 0.0169. The van der Waals surface area contributed by atoms with E-state index in [-0.39, 0.29) is 11.9 Å². The van der Waals surface area contributed by atoms with Crippen molar-refractivity contribution in [3.05, 3.63) is 35.4 Å². The lowest BCUT2D eigenvalue weighted by Gasteiger charge is -2.12. The van der Waals surface area contributed by atoms with Crippen LogP contribution in [0.2, 0.25) is 0 Å². The van der Waals surface area contributed by atoms with Crippen LogP contribution in [0, 0.1) is 12.8 Å². The van der Waals surface area contributed by atoms with Gasteiger partial charge in [0.05, 0.1) is 13.0 Å². The number of carbonyl (C=O) groups excluding carboxylic acids is 1. The third kappa shape index (κ3) is 3.39. The van der Waals surface area contributed by atoms with Crippen molar-refractivity contribution in [3.8, 4) is 0 Å². The van der Waals surface area contributed by atoms with Gasteiger partial charge >= 0.3 is 5.97 Å². The van der Waals surface area contributed by atoms with E-state index in [4.69, 9.17) is 4.74 Å². The summed E-state index contributed by atoms with van der Waals surface area (Å²) in [6, 6.07) is 8.25. The molecule has 0 heterocycles. The number of benzene rings is 1. The Hall–Kier alpha value is -1.31. The smallest absolute Gasteiger partial charge is 0.308 e. The van der Waals surface area contributed by atoms with Gasteiger partial charge in [-0.25, -0.2) is 0 Å². The molecule has 0 saturated heterocycles. The SMILES string of the molecule is CCC(Cc1cccc(C)c1)C(=O)OC. The highest BCUT2D eigenvalue weighted by Crippen LogP contribution is 2.14. The molecule has 0 aliphatic rings. The van der Waals surface area contributed by atoms with Crippen LogP contribution in [0.1, 0.15) is 24.5 Å². The van der Waals surface area contributed by atoms with E-state index in [2.05, 4.69) is 25.1 Å². The summed E-state index contributed by atoms with van der Waals surface area (Å²) in [6.45, 7) is 4.07. The number of hydrogen-bond acceptors (Lipinski definition) is 2. The predicted molar refractivity (Wildman–Crippen MR) is 60.7 cm³/mol. The first-order valence-electron chi connectivity index (χ1n) is 5.30. The average molecular weight is 206 g/mol. The first-order valence-corrected chi connectivity index (χ1v) is 5.30. The molecule has 0 aromatic heterocycles. The van der Waals surface area contributed by atoms with E-state index in [9.17, 15) is 4.79 Å². The van der Waals surface area contributed by atoms with Crippen LogP contribution >= 0.6 is 0 Å². The Bertz CT molecular complexity index is 331. The fourth-order valence-corrected chi connectivity index (χ4v) is 1.68. The van der Waals surface area contributed by atoms with Crippen molar-refractivity contribution < 1.29 is 9.53 Å². The van der Waals surface area contributed by atoms with Crippen molar-refractivity contribution in [1.29, 1.82) is 0 Å². The van der Waals surface area contributed by atoms with Gasteiger partial charge in [-0.2, -0.15) is 0 Å². The third-order valence-corrected chi connectivity index (χ3v) is 2.59. The standard InChI is InChI=1S/C13H18O2/c1-4-12(13(14)15-3)9-11-7-5-6-10(2)8-11/h5-8,12H,4,9H2,1-3H3. The van der Waals surface area contributed by atoms with Gasteiger partial charge in [0.1, 0.15) is 0 Å². The average Bonchev–Trinajstić information content (AvgIpc) is 2.25. The van der Waals surface area contributed by atoms with Crippen LogP contribution in [0.15, 0.2) is 24.3 Å². The molecular formula is C13H18O2. The van der Waals surface area contributed by atoms with Crippen LogP contribution in [-0.4, -0.2) is 13.1 Å². The molecule has 0 saturated carbocycles. The molecule has 2 heteroatoms. The molecule has 1 unspecified atom stereocenters. The fourth-order valence-electron chi connectivity index (χ4n) is 1.68. The third-order valence-electron chi connectivity index (χ3n) is 2.59. The second-order valence-corrected chi connectivity index (χ2v) is 3.82. The molecule has 1 aromatic rings. The Balaban J connectivity index is 2.70. The number of esters is 1. The van der Waals surface area contributed by atoms with Crippen LogP contribution < -0.4 is 0 Å². The number of ether oxygens (including phenoxy) is 1. The second kappa shape index (κ2) is 5.54. The Kier molecular flexibility index (Phi) is 4.35. The molecule has 1 aromatic carbocycles. The summed E-state index contributed by atoms with van der Waals surface area (Å²) in [6.07, 6.45) is 1.59. The van der Waals surface area contributed by atoms with Crippen LogP contribution in [0.5, 0.6) is 0 Å². The molecule has 0 amide bonds. The molecule has 0 N–H and O–H groups in total. The first-order chi connectivity index (χ1) is 7.17. The number of methoxy groups -OCH3 is 1. The van der Waals surface area contributed by atoms with E-state index in [0.717, 1.165) is 12.8 Å². The number of carbonyl (C=O) groups is 1. The van der Waals surface area contributed by atoms with Crippen LogP contribution in [0.25, 0.3) is 0 Å². The molecule has 0 aliphatic carbocycles. The van der Waals surface area contributed by atoms with Gasteiger partial charge in [-0.3, -0.25) is 4.79 Å². The van der Waals surface area contributed by atoms with Gasteiger partial charge in [-0.15, -0.1) is 0 Å². The van der Waals surface area contributed by atoms with Gasteiger partial charge in [-0.05, 0) is 25.3 Å². The van der Waals surface area contributed by atoms with Crippen molar-refractivity contribution in [2.75, 3.05) is 7.11 Å². The van der Waals surface area contributed by atoms with Gasteiger partial charge in [0.15, 0.2) is 0 Å². The van der Waals surface area contributed by atoms with Crippen molar-refractivity contribution in [1.82, 2.24) is 0 Å². The lowest BCUT2D eigenvalue weighted by molar-refractivity contribution is -0.145. The zero-order valence-electron chi connectivity index (χ0n) is 9.62. The summed E-state index contributed by atoms with van der Waals surface area (Å²) in [5.41, 5.74) is 2.43. The Morgan fingerprint density at radius 1 is 1.47 bits per heavy atom. The maximum Gasteiger partial charge on any atom is 0.308 e. The minimum Gasteiger partial charge on any atom is -0.469 e. The zero-order valence-corrected chi connectivity index (χ0v) is 9.62. The van der Waals surface area contributed by atoms with Crippen molar-refractivity contribution in [2.24, 2.45) is 5.92 Å². The Morgan fingerprint density at radius 3 is 2.73 bits per heavy atom. The van der Waals surface area contributed by atoms with Crippen LogP contribution in [0.3, 0.4) is 0 Å². The highest BCUT2D eigenvalue weighted by Gasteiger charge is 2.17. The monoisotopic (exact) mass is 206 g/mol. The summed E-state index contributed by atoms with van der Waals surface area (Å²) in [5.74, 6) is -0.129. The predicted octanol–water partition coefficient (Wildman–Crippen LogP) is 2.74. The molecule has 0 bridgehead atoms. The van der Waals surface area contributed by atoms with Crippen molar-refractivity contribution in [2.45, 2.75) is 26.7 Å². The van der Waals surface area contributed by atoms with E-state index < -0.39 is 0 Å². The highest BCUT2D eigenvalue weighted by molar-refractivity contribution is 5.72. The Morgan fingerprint density at radius 2 is 2.20 bits per heavy atom. The van der Waals surface area contributed by atoms with Gasteiger partial charge in [0.25, 0.3) is 0 Å². The summed E-state index contributed by atoms with van der Waals surface area (Å²) < 4.78 is 4.77. The van der Waals surface area contributed by atoms with E-state index in [1.165, 1.54) is 18.2 Å². The maximum absolute atomic E-state index is 11.4. The minimum atomic E-state index is -0.112. The molecule has 15 heavy (non-hydrogen) atoms. The topological polar surface area (TPSA) is 26.3 Å². The number of hydrogen-bond donors (Lipinski definition) is 0. The molecule has 1 rings (SSSR count). The Labute approximate surface area is 91.3 Å². The quantitative estimate of drug-likeness (QED) is 0.708. The van der Waals surface area contributed by atoms with Crippen LogP contribution in [0.4, 0.5) is 0 Å². The van der Waals surface area contributed by atoms with Gasteiger partial charge < -0.3 is 4.74 Å². The largest absolute Gasteiger partial charge is 0.469 e. The normalized spacial score (nSPS) is 12.2. The fraction of sp³-hybridized carbons (Fsp3) is 0.462. The summed E-state index contributed by atoms with van der Waals surface area (Å²) in [7, 11) is 1.45. The first kappa shape index (κ1) is 11.8. The molecule has 2 nitrogen and oxygen atoms in total. The second-order valence-electron chi connectivity index (χ2n) is 3.82. The van der Waals surface area contributed by atoms with Gasteiger partial charge in [0, 0.05) is 0 Å². The van der Waals surface area contributed by atoms with E-state index in [1.807, 2.05) is 13.0 Å². The molecule has 82 valence electrons. The van der Waals surface area contributed by atoms with E-state index >= 15 is 0 Å². The maximum atomic E-state index is 11.4. The summed E-state index contributed by atoms with van der Waals surface area (Å²) in [5, 5.41) is 0.